The number of nitrogens with one attached hydrogen (secondary N) is 1. The minimum absolute atomic E-state index is 0.148. The second-order valence-corrected chi connectivity index (χ2v) is 6.33. The molecule has 132 valence electrons. The third kappa shape index (κ3) is 5.78. The van der Waals surface area contributed by atoms with E-state index in [1.165, 1.54) is 5.56 Å². The molecule has 1 nitrogen and oxygen atoms in total. The highest BCUT2D eigenvalue weighted by atomic mass is 14.9. The van der Waals surface area contributed by atoms with Crippen molar-refractivity contribution in [3.63, 3.8) is 0 Å². The van der Waals surface area contributed by atoms with E-state index in [0.717, 1.165) is 17.8 Å². The van der Waals surface area contributed by atoms with Gasteiger partial charge in [-0.3, -0.25) is 0 Å². The van der Waals surface area contributed by atoms with Crippen LogP contribution >= 0.6 is 0 Å². The van der Waals surface area contributed by atoms with Crippen LogP contribution in [0.4, 0.5) is 5.69 Å². The summed E-state index contributed by atoms with van der Waals surface area (Å²) in [6, 6.07) is 20.7. The zero-order valence-corrected chi connectivity index (χ0v) is 15.4. The highest BCUT2D eigenvalue weighted by molar-refractivity contribution is 5.51. The lowest BCUT2D eigenvalue weighted by atomic mass is 9.78. The highest BCUT2D eigenvalue weighted by Crippen LogP contribution is 2.31. The lowest BCUT2D eigenvalue weighted by molar-refractivity contribution is 0.602. The van der Waals surface area contributed by atoms with Crippen LogP contribution in [0.25, 0.3) is 0 Å². The molecular formula is C25H27N. The van der Waals surface area contributed by atoms with Crippen molar-refractivity contribution in [2.24, 2.45) is 0 Å². The van der Waals surface area contributed by atoms with Crippen molar-refractivity contribution in [1.82, 2.24) is 0 Å². The van der Waals surface area contributed by atoms with Gasteiger partial charge in [0.1, 0.15) is 0 Å². The predicted octanol–water partition coefficient (Wildman–Crippen LogP) is 6.81. The molecule has 0 aliphatic rings. The van der Waals surface area contributed by atoms with Crippen LogP contribution in [0.3, 0.4) is 0 Å². The molecule has 2 aromatic carbocycles. The van der Waals surface area contributed by atoms with E-state index in [2.05, 4.69) is 80.0 Å². The Morgan fingerprint density at radius 3 is 2.19 bits per heavy atom. The molecule has 0 spiro atoms. The zero-order chi connectivity index (χ0) is 18.7. The van der Waals surface area contributed by atoms with E-state index < -0.39 is 0 Å². The zero-order valence-electron chi connectivity index (χ0n) is 15.4. The van der Waals surface area contributed by atoms with Crippen molar-refractivity contribution < 1.29 is 0 Å². The molecule has 0 radical (unpaired) electrons. The average molecular weight is 341 g/mol. The maximum atomic E-state index is 3.98. The lowest BCUT2D eigenvalue weighted by Crippen LogP contribution is -2.20. The van der Waals surface area contributed by atoms with Crippen molar-refractivity contribution in [2.45, 2.75) is 18.8 Å². The average Bonchev–Trinajstić information content (AvgIpc) is 2.69. The first-order valence-electron chi connectivity index (χ1n) is 8.85. The minimum atomic E-state index is -0.148. The molecule has 1 N–H and O–H groups in total. The molecule has 0 aliphatic carbocycles. The fourth-order valence-corrected chi connectivity index (χ4v) is 2.79. The third-order valence-corrected chi connectivity index (χ3v) is 4.23. The monoisotopic (exact) mass is 341 g/mol. The molecule has 2 rings (SSSR count). The summed E-state index contributed by atoms with van der Waals surface area (Å²) in [7, 11) is 0. The van der Waals surface area contributed by atoms with Gasteiger partial charge in [-0.2, -0.15) is 0 Å². The van der Waals surface area contributed by atoms with E-state index in [-0.39, 0.29) is 5.41 Å². The molecule has 0 saturated carbocycles. The van der Waals surface area contributed by atoms with Crippen molar-refractivity contribution in [1.29, 1.82) is 0 Å². The Hall–Kier alpha value is -3.06. The van der Waals surface area contributed by atoms with Crippen molar-refractivity contribution >= 4 is 5.69 Å². The summed E-state index contributed by atoms with van der Waals surface area (Å²) in [5.41, 5.74) is 3.17. The van der Waals surface area contributed by atoms with Gasteiger partial charge in [0.05, 0.1) is 0 Å². The van der Waals surface area contributed by atoms with Gasteiger partial charge >= 0.3 is 0 Å². The summed E-state index contributed by atoms with van der Waals surface area (Å²) in [4.78, 5) is 0. The van der Waals surface area contributed by atoms with Crippen molar-refractivity contribution in [3.05, 3.63) is 128 Å². The maximum absolute atomic E-state index is 3.98. The Balaban J connectivity index is 2.32. The molecular weight excluding hydrogens is 314 g/mol. The molecule has 2 aromatic rings. The second-order valence-electron chi connectivity index (χ2n) is 6.33. The number of hydrogen-bond donors (Lipinski definition) is 1. The molecule has 1 atom stereocenters. The van der Waals surface area contributed by atoms with E-state index in [1.54, 1.807) is 6.08 Å². The summed E-state index contributed by atoms with van der Waals surface area (Å²) in [6.45, 7) is 9.93. The van der Waals surface area contributed by atoms with Gasteiger partial charge < -0.3 is 5.32 Å². The van der Waals surface area contributed by atoms with E-state index in [4.69, 9.17) is 0 Å². The van der Waals surface area contributed by atoms with E-state index in [1.807, 2.05) is 42.5 Å². The van der Waals surface area contributed by atoms with Gasteiger partial charge in [-0.05, 0) is 30.2 Å². The minimum Gasteiger partial charge on any atom is -0.356 e. The van der Waals surface area contributed by atoms with Crippen LogP contribution in [0.15, 0.2) is 122 Å². The van der Waals surface area contributed by atoms with Gasteiger partial charge in [0.2, 0.25) is 0 Å². The predicted molar refractivity (Wildman–Crippen MR) is 115 cm³/mol. The Kier molecular flexibility index (Phi) is 7.45. The van der Waals surface area contributed by atoms with Crippen LogP contribution in [-0.2, 0) is 5.41 Å². The molecule has 0 heterocycles. The van der Waals surface area contributed by atoms with Crippen LogP contribution in [0.2, 0.25) is 0 Å². The van der Waals surface area contributed by atoms with E-state index in [9.17, 15) is 0 Å². The molecule has 0 bridgehead atoms. The highest BCUT2D eigenvalue weighted by Gasteiger charge is 2.23. The molecule has 0 aliphatic heterocycles. The number of para-hydroxylation sites is 1. The molecule has 0 fully saturated rings. The summed E-state index contributed by atoms with van der Waals surface area (Å²) < 4.78 is 0. The van der Waals surface area contributed by atoms with Crippen LogP contribution in [0, 0.1) is 0 Å². The van der Waals surface area contributed by atoms with Gasteiger partial charge in [0, 0.05) is 16.8 Å². The Morgan fingerprint density at radius 1 is 0.923 bits per heavy atom. The molecule has 0 saturated heterocycles. The molecule has 1 unspecified atom stereocenters. The van der Waals surface area contributed by atoms with Crippen molar-refractivity contribution in [3.8, 4) is 0 Å². The Bertz CT molecular complexity index is 781. The van der Waals surface area contributed by atoms with Crippen LogP contribution in [0.1, 0.15) is 18.9 Å². The topological polar surface area (TPSA) is 12.0 Å². The fourth-order valence-electron chi connectivity index (χ4n) is 2.79. The normalized spacial score (nSPS) is 14.3. The smallest absolute Gasteiger partial charge is 0.0384 e. The number of anilines is 1. The second kappa shape index (κ2) is 10.0. The Morgan fingerprint density at radius 2 is 1.58 bits per heavy atom. The summed E-state index contributed by atoms with van der Waals surface area (Å²) in [5.74, 6) is 0. The molecule has 1 heteroatoms. The van der Waals surface area contributed by atoms with Crippen molar-refractivity contribution in [2.75, 3.05) is 5.32 Å². The fraction of sp³-hybridized carbons (Fsp3) is 0.120. The van der Waals surface area contributed by atoms with Gasteiger partial charge in [0.15, 0.2) is 0 Å². The first kappa shape index (κ1) is 19.3. The quantitative estimate of drug-likeness (QED) is 0.494. The number of rotatable bonds is 9. The van der Waals surface area contributed by atoms with E-state index in [0.29, 0.717) is 0 Å². The lowest BCUT2D eigenvalue weighted by Gasteiger charge is -2.27. The van der Waals surface area contributed by atoms with Gasteiger partial charge in [-0.15, -0.1) is 0 Å². The number of allylic oxidation sites excluding steroid dienone is 7. The van der Waals surface area contributed by atoms with Crippen LogP contribution < -0.4 is 5.32 Å². The molecule has 26 heavy (non-hydrogen) atoms. The maximum Gasteiger partial charge on any atom is 0.0384 e. The largest absolute Gasteiger partial charge is 0.356 e. The number of benzene rings is 2. The summed E-state index contributed by atoms with van der Waals surface area (Å²) in [6.07, 6.45) is 15.0. The van der Waals surface area contributed by atoms with Gasteiger partial charge in [0.25, 0.3) is 0 Å². The third-order valence-electron chi connectivity index (χ3n) is 4.23. The SMILES string of the molecule is C=C/C=C\C=C\CC(C)(/C=C(\C=C)Nc1ccccc1)c1ccccc1. The van der Waals surface area contributed by atoms with Crippen LogP contribution in [0.5, 0.6) is 0 Å². The summed E-state index contributed by atoms with van der Waals surface area (Å²) in [5, 5.41) is 3.46. The Labute approximate surface area is 157 Å². The summed E-state index contributed by atoms with van der Waals surface area (Å²) >= 11 is 0. The molecule has 0 amide bonds. The van der Waals surface area contributed by atoms with E-state index >= 15 is 0 Å². The number of hydrogen-bond acceptors (Lipinski definition) is 1. The van der Waals surface area contributed by atoms with Gasteiger partial charge in [-0.1, -0.05) is 105 Å². The molecule has 0 aromatic heterocycles. The standard InChI is InChI=1S/C25H27N/c1-4-6-7-8-15-20-25(3,22-16-11-9-12-17-22)21-23(5-2)26-24-18-13-10-14-19-24/h4-19,21,26H,1-2,20H2,3H3/b7-6-,15-8+,23-21+. The van der Waals surface area contributed by atoms with Gasteiger partial charge in [-0.25, -0.2) is 0 Å². The van der Waals surface area contributed by atoms with Crippen LogP contribution in [-0.4, -0.2) is 0 Å². The first-order chi connectivity index (χ1) is 12.7. The first-order valence-corrected chi connectivity index (χ1v) is 8.85.